The van der Waals surface area contributed by atoms with Crippen molar-refractivity contribution in [2.24, 2.45) is 0 Å². The Balaban J connectivity index is 1.84. The molecule has 0 fully saturated rings. The molecule has 3 N–H and O–H groups in total. The summed E-state index contributed by atoms with van der Waals surface area (Å²) in [5, 5.41) is 8.33. The molecule has 39 heavy (non-hydrogen) atoms. The second kappa shape index (κ2) is 13.1. The first-order chi connectivity index (χ1) is 18.6. The first kappa shape index (κ1) is 28.7. The molecule has 0 aliphatic rings. The van der Waals surface area contributed by atoms with Crippen LogP contribution in [0.3, 0.4) is 0 Å². The average Bonchev–Trinajstić information content (AvgIpc) is 2.90. The Hall–Kier alpha value is -4.86. The molecule has 0 saturated heterocycles. The minimum atomic E-state index is -0.578. The number of nitrogens with zero attached hydrogens (tertiary/aromatic N) is 1. The summed E-state index contributed by atoms with van der Waals surface area (Å²) in [5.41, 5.74) is 3.79. The molecule has 3 aromatic rings. The predicted octanol–water partition coefficient (Wildman–Crippen LogP) is 5.07. The molecule has 10 nitrogen and oxygen atoms in total. The molecule has 0 saturated carbocycles. The molecular formula is C29H32N4O6. The monoisotopic (exact) mass is 532 g/mol. The highest BCUT2D eigenvalue weighted by molar-refractivity contribution is 6.02. The lowest BCUT2D eigenvalue weighted by atomic mass is 10.0. The standard InChI is InChI=1S/C29H32N4O6/c1-18-8-6-7-9-24(18)31-29(37)32-25-15-14-23(16-27(25)38-4)33(20(3)35)22-12-10-21(11-13-22)26(30-19(2)34)17-28(36)39-5/h6-16,26H,17H2,1-5H3,(H,30,34)(H2,31,32,37)/t26-/m1/s1. The molecule has 0 radical (unpaired) electrons. The molecule has 0 aliphatic carbocycles. The average molecular weight is 533 g/mol. The summed E-state index contributed by atoms with van der Waals surface area (Å²) in [7, 11) is 2.76. The lowest BCUT2D eigenvalue weighted by Gasteiger charge is -2.24. The van der Waals surface area contributed by atoms with Crippen molar-refractivity contribution in [2.75, 3.05) is 29.8 Å². The fraction of sp³-hybridized carbons (Fsp3) is 0.241. The van der Waals surface area contributed by atoms with Crippen LogP contribution in [-0.2, 0) is 19.1 Å². The highest BCUT2D eigenvalue weighted by atomic mass is 16.5. The summed E-state index contributed by atoms with van der Waals surface area (Å²) in [6.45, 7) is 4.70. The minimum absolute atomic E-state index is 0.0328. The topological polar surface area (TPSA) is 126 Å². The van der Waals surface area contributed by atoms with Crippen LogP contribution >= 0.6 is 0 Å². The van der Waals surface area contributed by atoms with Gasteiger partial charge in [-0.25, -0.2) is 4.79 Å². The van der Waals surface area contributed by atoms with Gasteiger partial charge in [-0.05, 0) is 48.4 Å². The fourth-order valence-electron chi connectivity index (χ4n) is 4.03. The Bertz CT molecular complexity index is 1360. The smallest absolute Gasteiger partial charge is 0.323 e. The fourth-order valence-corrected chi connectivity index (χ4v) is 4.03. The van der Waals surface area contributed by atoms with Crippen LogP contribution in [0, 0.1) is 6.92 Å². The van der Waals surface area contributed by atoms with Crippen molar-refractivity contribution in [1.29, 1.82) is 0 Å². The number of amides is 4. The summed E-state index contributed by atoms with van der Waals surface area (Å²) in [5.74, 6) is -0.641. The van der Waals surface area contributed by atoms with Crippen molar-refractivity contribution < 1.29 is 28.7 Å². The van der Waals surface area contributed by atoms with Gasteiger partial charge in [0.2, 0.25) is 11.8 Å². The summed E-state index contributed by atoms with van der Waals surface area (Å²) in [4.78, 5) is 50.2. The van der Waals surface area contributed by atoms with E-state index < -0.39 is 18.0 Å². The van der Waals surface area contributed by atoms with Crippen molar-refractivity contribution in [3.63, 3.8) is 0 Å². The predicted molar refractivity (Wildman–Crippen MR) is 149 cm³/mol. The lowest BCUT2D eigenvalue weighted by Crippen LogP contribution is -2.28. The number of nitrogens with one attached hydrogen (secondary N) is 3. The maximum atomic E-state index is 12.7. The summed E-state index contributed by atoms with van der Waals surface area (Å²) in [6, 6.07) is 18.3. The van der Waals surface area contributed by atoms with Crippen molar-refractivity contribution in [1.82, 2.24) is 5.32 Å². The largest absolute Gasteiger partial charge is 0.494 e. The molecule has 1 atom stereocenters. The molecule has 204 valence electrons. The molecule has 3 rings (SSSR count). The number of rotatable bonds is 9. The summed E-state index contributed by atoms with van der Waals surface area (Å²) in [6.07, 6.45) is -0.0328. The third kappa shape index (κ3) is 7.57. The van der Waals surface area contributed by atoms with Crippen LogP contribution in [0.5, 0.6) is 5.75 Å². The van der Waals surface area contributed by atoms with E-state index in [9.17, 15) is 19.2 Å². The van der Waals surface area contributed by atoms with E-state index in [0.717, 1.165) is 5.56 Å². The molecule has 0 aromatic heterocycles. The number of carbonyl (C=O) groups excluding carboxylic acids is 4. The van der Waals surface area contributed by atoms with Crippen LogP contribution in [0.4, 0.5) is 27.5 Å². The number of esters is 1. The zero-order valence-electron chi connectivity index (χ0n) is 22.5. The maximum absolute atomic E-state index is 12.7. The van der Waals surface area contributed by atoms with Crippen molar-refractivity contribution in [2.45, 2.75) is 33.2 Å². The van der Waals surface area contributed by atoms with Gasteiger partial charge < -0.3 is 25.4 Å². The van der Waals surface area contributed by atoms with E-state index in [2.05, 4.69) is 16.0 Å². The van der Waals surface area contributed by atoms with E-state index in [-0.39, 0.29) is 18.2 Å². The Kier molecular flexibility index (Phi) is 9.63. The number of hydrogen-bond donors (Lipinski definition) is 3. The number of urea groups is 1. The van der Waals surface area contributed by atoms with Crippen LogP contribution in [-0.4, -0.2) is 38.0 Å². The maximum Gasteiger partial charge on any atom is 0.323 e. The van der Waals surface area contributed by atoms with Crippen molar-refractivity contribution in [3.05, 3.63) is 77.9 Å². The zero-order chi connectivity index (χ0) is 28.5. The van der Waals surface area contributed by atoms with Gasteiger partial charge in [-0.1, -0.05) is 30.3 Å². The Labute approximate surface area is 227 Å². The van der Waals surface area contributed by atoms with E-state index in [1.165, 1.54) is 33.0 Å². The van der Waals surface area contributed by atoms with E-state index in [1.54, 1.807) is 48.5 Å². The Morgan fingerprint density at radius 3 is 2.08 bits per heavy atom. The molecule has 0 unspecified atom stereocenters. The van der Waals surface area contributed by atoms with Crippen LogP contribution < -0.4 is 25.6 Å². The number of ether oxygens (including phenoxy) is 2. The molecular weight excluding hydrogens is 500 g/mol. The SMILES string of the molecule is COC(=O)C[C@@H](NC(C)=O)c1ccc(N(C(C)=O)c2ccc(NC(=O)Nc3ccccc3C)c(OC)c2)cc1. The van der Waals surface area contributed by atoms with Gasteiger partial charge in [0, 0.05) is 31.3 Å². The quantitative estimate of drug-likeness (QED) is 0.330. The number of benzene rings is 3. The second-order valence-electron chi connectivity index (χ2n) is 8.76. The molecule has 4 amide bonds. The van der Waals surface area contributed by atoms with Gasteiger partial charge in [-0.3, -0.25) is 19.3 Å². The number of carbonyl (C=O) groups is 4. The number of hydrogen-bond acceptors (Lipinski definition) is 6. The molecule has 0 spiro atoms. The summed E-state index contributed by atoms with van der Waals surface area (Å²) >= 11 is 0. The first-order valence-electron chi connectivity index (χ1n) is 12.2. The number of para-hydroxylation sites is 1. The third-order valence-corrected chi connectivity index (χ3v) is 5.93. The van der Waals surface area contributed by atoms with E-state index >= 15 is 0 Å². The van der Waals surface area contributed by atoms with Crippen molar-refractivity contribution in [3.8, 4) is 5.75 Å². The van der Waals surface area contributed by atoms with Gasteiger partial charge in [0.05, 0.1) is 38.1 Å². The van der Waals surface area contributed by atoms with Gasteiger partial charge >= 0.3 is 12.0 Å². The van der Waals surface area contributed by atoms with Crippen LogP contribution in [0.2, 0.25) is 0 Å². The second-order valence-corrected chi connectivity index (χ2v) is 8.76. The zero-order valence-corrected chi connectivity index (χ0v) is 22.5. The third-order valence-electron chi connectivity index (χ3n) is 5.93. The number of aryl methyl sites for hydroxylation is 1. The Morgan fingerprint density at radius 2 is 1.49 bits per heavy atom. The lowest BCUT2D eigenvalue weighted by molar-refractivity contribution is -0.141. The normalized spacial score (nSPS) is 11.1. The number of methoxy groups -OCH3 is 2. The van der Waals surface area contributed by atoms with Gasteiger partial charge in [0.1, 0.15) is 5.75 Å². The van der Waals surface area contributed by atoms with Gasteiger partial charge in [0.15, 0.2) is 0 Å². The molecule has 3 aromatic carbocycles. The molecule has 10 heteroatoms. The van der Waals surface area contributed by atoms with Crippen LogP contribution in [0.15, 0.2) is 66.7 Å². The highest BCUT2D eigenvalue weighted by Crippen LogP contribution is 2.34. The van der Waals surface area contributed by atoms with E-state index in [0.29, 0.717) is 34.1 Å². The van der Waals surface area contributed by atoms with Crippen molar-refractivity contribution >= 4 is 46.6 Å². The summed E-state index contributed by atoms with van der Waals surface area (Å²) < 4.78 is 10.2. The molecule has 0 bridgehead atoms. The van der Waals surface area contributed by atoms with E-state index in [1.807, 2.05) is 25.1 Å². The van der Waals surface area contributed by atoms with E-state index in [4.69, 9.17) is 9.47 Å². The highest BCUT2D eigenvalue weighted by Gasteiger charge is 2.20. The number of anilines is 4. The van der Waals surface area contributed by atoms with Crippen LogP contribution in [0.25, 0.3) is 0 Å². The van der Waals surface area contributed by atoms with Gasteiger partial charge in [-0.2, -0.15) is 0 Å². The van der Waals surface area contributed by atoms with Gasteiger partial charge in [-0.15, -0.1) is 0 Å². The molecule has 0 aliphatic heterocycles. The van der Waals surface area contributed by atoms with Gasteiger partial charge in [0.25, 0.3) is 0 Å². The minimum Gasteiger partial charge on any atom is -0.494 e. The first-order valence-corrected chi connectivity index (χ1v) is 12.2. The Morgan fingerprint density at radius 1 is 0.846 bits per heavy atom. The van der Waals surface area contributed by atoms with Crippen LogP contribution in [0.1, 0.15) is 37.4 Å². The molecule has 0 heterocycles.